The fraction of sp³-hybridized carbons (Fsp3) is 0.435. The molecule has 2 fully saturated rings. The van der Waals surface area contributed by atoms with E-state index in [0.29, 0.717) is 19.6 Å². The molecule has 7 nitrogen and oxygen atoms in total. The molecule has 2 aliphatic heterocycles. The fourth-order valence-electron chi connectivity index (χ4n) is 4.47. The maximum atomic E-state index is 13.4. The largest absolute Gasteiger partial charge is 0.497 e. The molecule has 1 aromatic carbocycles. The number of pyridine rings is 1. The van der Waals surface area contributed by atoms with Gasteiger partial charge in [-0.2, -0.15) is 0 Å². The number of ether oxygens (including phenoxy) is 2. The molecule has 30 heavy (non-hydrogen) atoms. The highest BCUT2D eigenvalue weighted by molar-refractivity contribution is 5.89. The minimum absolute atomic E-state index is 0.00807. The number of rotatable bonds is 6. The van der Waals surface area contributed by atoms with Gasteiger partial charge in [0.1, 0.15) is 11.5 Å². The van der Waals surface area contributed by atoms with Gasteiger partial charge in [0.2, 0.25) is 11.8 Å². The van der Waals surface area contributed by atoms with Gasteiger partial charge in [-0.25, -0.2) is 0 Å². The molecular formula is C23H27N3O4. The molecule has 2 atom stereocenters. The summed E-state index contributed by atoms with van der Waals surface area (Å²) in [5.41, 5.74) is 1.79. The van der Waals surface area contributed by atoms with Crippen molar-refractivity contribution in [1.82, 2.24) is 14.8 Å². The average Bonchev–Trinajstić information content (AvgIpc) is 3.40. The van der Waals surface area contributed by atoms with Crippen molar-refractivity contribution in [2.45, 2.75) is 31.8 Å². The van der Waals surface area contributed by atoms with Crippen LogP contribution in [-0.4, -0.2) is 53.9 Å². The van der Waals surface area contributed by atoms with Gasteiger partial charge in [0.05, 0.1) is 38.4 Å². The lowest BCUT2D eigenvalue weighted by molar-refractivity contribution is -0.136. The van der Waals surface area contributed by atoms with Crippen molar-refractivity contribution in [3.05, 3.63) is 53.9 Å². The third-order valence-electron chi connectivity index (χ3n) is 5.97. The first-order valence-corrected chi connectivity index (χ1v) is 10.3. The maximum absolute atomic E-state index is 13.4. The normalized spacial score (nSPS) is 21.2. The van der Waals surface area contributed by atoms with Gasteiger partial charge in [0.25, 0.3) is 0 Å². The second kappa shape index (κ2) is 8.73. The van der Waals surface area contributed by atoms with Crippen LogP contribution in [0.3, 0.4) is 0 Å². The lowest BCUT2D eigenvalue weighted by Gasteiger charge is -2.29. The molecule has 2 saturated heterocycles. The summed E-state index contributed by atoms with van der Waals surface area (Å²) in [6.07, 6.45) is 3.77. The molecule has 0 aliphatic carbocycles. The predicted octanol–water partition coefficient (Wildman–Crippen LogP) is 2.81. The maximum Gasteiger partial charge on any atom is 0.228 e. The second-order valence-corrected chi connectivity index (χ2v) is 7.79. The van der Waals surface area contributed by atoms with Gasteiger partial charge < -0.3 is 19.3 Å². The van der Waals surface area contributed by atoms with Crippen LogP contribution in [0.2, 0.25) is 0 Å². The van der Waals surface area contributed by atoms with Gasteiger partial charge in [-0.1, -0.05) is 6.07 Å². The van der Waals surface area contributed by atoms with Crippen molar-refractivity contribution in [1.29, 1.82) is 0 Å². The lowest BCUT2D eigenvalue weighted by atomic mass is 10.0. The zero-order valence-electron chi connectivity index (χ0n) is 17.4. The van der Waals surface area contributed by atoms with Crippen LogP contribution in [0, 0.1) is 5.92 Å². The highest BCUT2D eigenvalue weighted by Gasteiger charge is 2.40. The number of nitrogens with zero attached hydrogens (tertiary/aromatic N) is 3. The monoisotopic (exact) mass is 409 g/mol. The van der Waals surface area contributed by atoms with E-state index in [1.165, 1.54) is 0 Å². The Morgan fingerprint density at radius 2 is 2.07 bits per heavy atom. The Labute approximate surface area is 176 Å². The van der Waals surface area contributed by atoms with E-state index in [2.05, 4.69) is 4.98 Å². The molecule has 0 bridgehead atoms. The Morgan fingerprint density at radius 3 is 2.80 bits per heavy atom. The van der Waals surface area contributed by atoms with Crippen molar-refractivity contribution in [3.63, 3.8) is 0 Å². The van der Waals surface area contributed by atoms with Gasteiger partial charge in [-0.3, -0.25) is 14.6 Å². The van der Waals surface area contributed by atoms with Crippen molar-refractivity contribution in [2.24, 2.45) is 5.92 Å². The van der Waals surface area contributed by atoms with E-state index in [1.54, 1.807) is 25.3 Å². The average molecular weight is 409 g/mol. The van der Waals surface area contributed by atoms with E-state index in [9.17, 15) is 9.59 Å². The van der Waals surface area contributed by atoms with E-state index < -0.39 is 0 Å². The Morgan fingerprint density at radius 1 is 1.20 bits per heavy atom. The number of carbonyl (C=O) groups is 2. The first-order chi connectivity index (χ1) is 14.6. The number of methoxy groups -OCH3 is 2. The molecule has 7 heteroatoms. The summed E-state index contributed by atoms with van der Waals surface area (Å²) in [7, 11) is 3.26. The first-order valence-electron chi connectivity index (χ1n) is 10.3. The minimum atomic E-state index is -0.321. The smallest absolute Gasteiger partial charge is 0.228 e. The molecule has 0 saturated carbocycles. The Balaban J connectivity index is 1.50. The number of amides is 2. The summed E-state index contributed by atoms with van der Waals surface area (Å²) in [5.74, 6) is 1.22. The molecule has 0 unspecified atom stereocenters. The van der Waals surface area contributed by atoms with Crippen molar-refractivity contribution >= 4 is 11.8 Å². The Hall–Kier alpha value is -3.09. The molecule has 158 valence electrons. The SMILES string of the molecule is COc1ccc(OC)c([C@H]2CCCN2C(=O)[C@H]2CC(=O)N(Cc3ccccn3)C2)c1. The zero-order valence-corrected chi connectivity index (χ0v) is 17.4. The van der Waals surface area contributed by atoms with E-state index >= 15 is 0 Å². The summed E-state index contributed by atoms with van der Waals surface area (Å²) in [4.78, 5) is 33.9. The van der Waals surface area contributed by atoms with Gasteiger partial charge in [-0.05, 0) is 43.2 Å². The van der Waals surface area contributed by atoms with Crippen LogP contribution in [0.1, 0.15) is 36.6 Å². The third kappa shape index (κ3) is 3.97. The van der Waals surface area contributed by atoms with E-state index in [0.717, 1.165) is 35.6 Å². The Bertz CT molecular complexity index is 918. The molecule has 2 aliphatic rings. The molecular weight excluding hydrogens is 382 g/mol. The van der Waals surface area contributed by atoms with Crippen molar-refractivity contribution in [3.8, 4) is 11.5 Å². The van der Waals surface area contributed by atoms with Crippen molar-refractivity contribution < 1.29 is 19.1 Å². The summed E-state index contributed by atoms with van der Waals surface area (Å²) in [5, 5.41) is 0. The second-order valence-electron chi connectivity index (χ2n) is 7.79. The van der Waals surface area contributed by atoms with Crippen LogP contribution in [-0.2, 0) is 16.1 Å². The zero-order chi connectivity index (χ0) is 21.1. The minimum Gasteiger partial charge on any atom is -0.497 e. The van der Waals surface area contributed by atoms with Gasteiger partial charge >= 0.3 is 0 Å². The van der Waals surface area contributed by atoms with Gasteiger partial charge in [0.15, 0.2) is 0 Å². The summed E-state index contributed by atoms with van der Waals surface area (Å²) < 4.78 is 10.9. The molecule has 1 aromatic heterocycles. The molecule has 0 spiro atoms. The number of aromatic nitrogens is 1. The quantitative estimate of drug-likeness (QED) is 0.734. The third-order valence-corrected chi connectivity index (χ3v) is 5.97. The first kappa shape index (κ1) is 20.2. The number of likely N-dealkylation sites (tertiary alicyclic amines) is 2. The van der Waals surface area contributed by atoms with E-state index in [4.69, 9.17) is 9.47 Å². The predicted molar refractivity (Wildman–Crippen MR) is 111 cm³/mol. The van der Waals surface area contributed by atoms with Crippen LogP contribution < -0.4 is 9.47 Å². The van der Waals surface area contributed by atoms with Crippen LogP contribution in [0.5, 0.6) is 11.5 Å². The number of carbonyl (C=O) groups excluding carboxylic acids is 2. The van der Waals surface area contributed by atoms with E-state index in [1.807, 2.05) is 41.3 Å². The lowest BCUT2D eigenvalue weighted by Crippen LogP contribution is -2.37. The Kier molecular flexibility index (Phi) is 5.88. The van der Waals surface area contributed by atoms with E-state index in [-0.39, 0.29) is 30.2 Å². The topological polar surface area (TPSA) is 72.0 Å². The van der Waals surface area contributed by atoms with Crippen molar-refractivity contribution in [2.75, 3.05) is 27.3 Å². The molecule has 0 radical (unpaired) electrons. The van der Waals surface area contributed by atoms with Crippen LogP contribution in [0.25, 0.3) is 0 Å². The molecule has 4 rings (SSSR count). The molecule has 2 amide bonds. The number of hydrogen-bond acceptors (Lipinski definition) is 5. The summed E-state index contributed by atoms with van der Waals surface area (Å²) in [6.45, 7) is 1.57. The molecule has 3 heterocycles. The van der Waals surface area contributed by atoms with Crippen LogP contribution in [0.15, 0.2) is 42.6 Å². The molecule has 0 N–H and O–H groups in total. The fourth-order valence-corrected chi connectivity index (χ4v) is 4.47. The standard InChI is InChI=1S/C23H27N3O4/c1-29-18-8-9-21(30-2)19(13-18)20-7-5-11-26(20)23(28)16-12-22(27)25(14-16)15-17-6-3-4-10-24-17/h3-4,6,8-10,13,16,20H,5,7,11-12,14-15H2,1-2H3/t16-,20+/m0/s1. The highest BCUT2D eigenvalue weighted by atomic mass is 16.5. The molecule has 2 aromatic rings. The highest BCUT2D eigenvalue weighted by Crippen LogP contribution is 2.40. The summed E-state index contributed by atoms with van der Waals surface area (Å²) in [6, 6.07) is 11.3. The summed E-state index contributed by atoms with van der Waals surface area (Å²) >= 11 is 0. The number of hydrogen-bond donors (Lipinski definition) is 0. The van der Waals surface area contributed by atoms with Gasteiger partial charge in [-0.15, -0.1) is 0 Å². The van der Waals surface area contributed by atoms with Crippen LogP contribution in [0.4, 0.5) is 0 Å². The van der Waals surface area contributed by atoms with Crippen LogP contribution >= 0.6 is 0 Å². The van der Waals surface area contributed by atoms with Gasteiger partial charge in [0, 0.05) is 31.3 Å². The number of benzene rings is 1.